The molecule has 1 aromatic rings. The molecule has 0 spiro atoms. The lowest BCUT2D eigenvalue weighted by Crippen LogP contribution is -2.50. The molecule has 2 aliphatic heterocycles. The van der Waals surface area contributed by atoms with Gasteiger partial charge in [0, 0.05) is 53.0 Å². The first-order chi connectivity index (χ1) is 15.2. The minimum Gasteiger partial charge on any atom is -0.385 e. The molecule has 2 heterocycles. The highest BCUT2D eigenvalue weighted by atomic mass is 16.5. The smallest absolute Gasteiger partial charge is 0.194 e. The van der Waals surface area contributed by atoms with Crippen LogP contribution in [0.15, 0.2) is 35.3 Å². The number of ether oxygens (including phenoxy) is 2. The van der Waals surface area contributed by atoms with Crippen LogP contribution in [0.5, 0.6) is 0 Å². The molecule has 0 aromatic heterocycles. The number of likely N-dealkylation sites (tertiary alicyclic amines) is 1. The highest BCUT2D eigenvalue weighted by Crippen LogP contribution is 2.41. The molecule has 6 heteroatoms. The molecule has 0 radical (unpaired) electrons. The van der Waals surface area contributed by atoms with Crippen LogP contribution in [0.1, 0.15) is 44.6 Å². The second-order valence-corrected chi connectivity index (χ2v) is 9.46. The SMILES string of the molecule is CCNC(=NCC1(CCOC)CCCC1)N1CC2OCCN(Cc3ccccc3)C2C1. The molecule has 1 N–H and O–H groups in total. The standard InChI is InChI=1S/C25H40N4O2/c1-3-26-24(27-20-25(13-15-30-2)11-7-8-12-25)29-18-22-23(19-29)31-16-14-28(22)17-21-9-5-4-6-10-21/h4-6,9-10,22-23H,3,7-8,11-20H2,1-2H3,(H,26,27). The van der Waals surface area contributed by atoms with Crippen molar-refractivity contribution in [1.29, 1.82) is 0 Å². The summed E-state index contributed by atoms with van der Waals surface area (Å²) in [4.78, 5) is 10.2. The van der Waals surface area contributed by atoms with E-state index in [0.717, 1.165) is 64.9 Å². The Bertz CT molecular complexity index is 705. The van der Waals surface area contributed by atoms with Crippen molar-refractivity contribution in [2.45, 2.75) is 57.7 Å². The van der Waals surface area contributed by atoms with E-state index in [0.29, 0.717) is 11.5 Å². The molecule has 4 rings (SSSR count). The van der Waals surface area contributed by atoms with E-state index >= 15 is 0 Å². The number of aliphatic imine (C=N–C) groups is 1. The Hall–Kier alpha value is -1.63. The average molecular weight is 429 g/mol. The molecular weight excluding hydrogens is 388 g/mol. The lowest BCUT2D eigenvalue weighted by atomic mass is 9.83. The fourth-order valence-electron chi connectivity index (χ4n) is 5.54. The van der Waals surface area contributed by atoms with Gasteiger partial charge in [-0.15, -0.1) is 0 Å². The van der Waals surface area contributed by atoms with Gasteiger partial charge >= 0.3 is 0 Å². The van der Waals surface area contributed by atoms with Crippen LogP contribution < -0.4 is 5.32 Å². The molecule has 0 amide bonds. The Morgan fingerprint density at radius 1 is 1.23 bits per heavy atom. The Kier molecular flexibility index (Phi) is 7.86. The second-order valence-electron chi connectivity index (χ2n) is 9.46. The molecule has 3 aliphatic rings. The van der Waals surface area contributed by atoms with Gasteiger partial charge in [0.1, 0.15) is 0 Å². The third-order valence-electron chi connectivity index (χ3n) is 7.34. The lowest BCUT2D eigenvalue weighted by Gasteiger charge is -2.36. The summed E-state index contributed by atoms with van der Waals surface area (Å²) >= 11 is 0. The third-order valence-corrected chi connectivity index (χ3v) is 7.34. The van der Waals surface area contributed by atoms with Crippen molar-refractivity contribution in [3.05, 3.63) is 35.9 Å². The van der Waals surface area contributed by atoms with Crippen LogP contribution in [0.25, 0.3) is 0 Å². The maximum absolute atomic E-state index is 6.20. The molecule has 6 nitrogen and oxygen atoms in total. The molecule has 0 bridgehead atoms. The Morgan fingerprint density at radius 2 is 2.03 bits per heavy atom. The summed E-state index contributed by atoms with van der Waals surface area (Å²) in [6.45, 7) is 9.50. The molecule has 2 unspecified atom stereocenters. The summed E-state index contributed by atoms with van der Waals surface area (Å²) < 4.78 is 11.6. The maximum Gasteiger partial charge on any atom is 0.194 e. The van der Waals surface area contributed by atoms with Crippen molar-refractivity contribution in [3.8, 4) is 0 Å². The van der Waals surface area contributed by atoms with Gasteiger partial charge in [-0.1, -0.05) is 43.2 Å². The number of rotatable bonds is 8. The monoisotopic (exact) mass is 428 g/mol. The van der Waals surface area contributed by atoms with E-state index in [-0.39, 0.29) is 6.10 Å². The fourth-order valence-corrected chi connectivity index (χ4v) is 5.54. The van der Waals surface area contributed by atoms with Crippen LogP contribution in [0.4, 0.5) is 0 Å². The molecule has 172 valence electrons. The summed E-state index contributed by atoms with van der Waals surface area (Å²) in [6, 6.07) is 11.2. The van der Waals surface area contributed by atoms with Crippen molar-refractivity contribution < 1.29 is 9.47 Å². The number of benzene rings is 1. The largest absolute Gasteiger partial charge is 0.385 e. The zero-order valence-corrected chi connectivity index (χ0v) is 19.4. The molecule has 1 saturated carbocycles. The van der Waals surface area contributed by atoms with E-state index in [1.807, 2.05) is 7.11 Å². The van der Waals surface area contributed by atoms with Gasteiger partial charge in [0.15, 0.2) is 5.96 Å². The van der Waals surface area contributed by atoms with Crippen molar-refractivity contribution in [2.24, 2.45) is 10.4 Å². The number of hydrogen-bond acceptors (Lipinski definition) is 4. The van der Waals surface area contributed by atoms with Crippen molar-refractivity contribution in [2.75, 3.05) is 53.0 Å². The van der Waals surface area contributed by atoms with Crippen LogP contribution in [-0.4, -0.2) is 81.0 Å². The maximum atomic E-state index is 6.20. The molecule has 2 saturated heterocycles. The number of methoxy groups -OCH3 is 1. The zero-order valence-electron chi connectivity index (χ0n) is 19.4. The van der Waals surface area contributed by atoms with Gasteiger partial charge in [0.2, 0.25) is 0 Å². The zero-order chi connectivity index (χ0) is 21.5. The topological polar surface area (TPSA) is 49.3 Å². The molecule has 3 fully saturated rings. The summed E-state index contributed by atoms with van der Waals surface area (Å²) in [5.41, 5.74) is 1.70. The number of hydrogen-bond donors (Lipinski definition) is 1. The lowest BCUT2D eigenvalue weighted by molar-refractivity contribution is -0.0502. The van der Waals surface area contributed by atoms with Crippen molar-refractivity contribution in [1.82, 2.24) is 15.1 Å². The molecule has 2 atom stereocenters. The molecular formula is C25H40N4O2. The van der Waals surface area contributed by atoms with Gasteiger partial charge in [0.25, 0.3) is 0 Å². The number of nitrogens with one attached hydrogen (secondary N) is 1. The normalized spacial score (nSPS) is 26.3. The number of guanidine groups is 1. The number of nitrogens with zero attached hydrogens (tertiary/aromatic N) is 3. The van der Waals surface area contributed by atoms with Crippen LogP contribution in [0.2, 0.25) is 0 Å². The predicted molar refractivity (Wildman–Crippen MR) is 125 cm³/mol. The van der Waals surface area contributed by atoms with Crippen molar-refractivity contribution >= 4 is 5.96 Å². The first kappa shape index (κ1) is 22.6. The third kappa shape index (κ3) is 5.60. The molecule has 1 aromatic carbocycles. The average Bonchev–Trinajstić information content (AvgIpc) is 3.44. The van der Waals surface area contributed by atoms with E-state index in [1.165, 1.54) is 31.2 Å². The summed E-state index contributed by atoms with van der Waals surface area (Å²) in [5.74, 6) is 1.06. The van der Waals surface area contributed by atoms with E-state index in [1.54, 1.807) is 0 Å². The van der Waals surface area contributed by atoms with Gasteiger partial charge < -0.3 is 19.7 Å². The minimum absolute atomic E-state index is 0.259. The highest BCUT2D eigenvalue weighted by Gasteiger charge is 2.41. The summed E-state index contributed by atoms with van der Waals surface area (Å²) in [7, 11) is 1.81. The Morgan fingerprint density at radius 3 is 2.77 bits per heavy atom. The van der Waals surface area contributed by atoms with E-state index in [9.17, 15) is 0 Å². The quantitative estimate of drug-likeness (QED) is 0.509. The Labute approximate surface area is 188 Å². The van der Waals surface area contributed by atoms with Crippen LogP contribution in [-0.2, 0) is 16.0 Å². The van der Waals surface area contributed by atoms with E-state index in [4.69, 9.17) is 14.5 Å². The van der Waals surface area contributed by atoms with Gasteiger partial charge in [-0.05, 0) is 37.2 Å². The highest BCUT2D eigenvalue weighted by molar-refractivity contribution is 5.80. The van der Waals surface area contributed by atoms with E-state index in [2.05, 4.69) is 52.4 Å². The van der Waals surface area contributed by atoms with Gasteiger partial charge in [0.05, 0.1) is 18.8 Å². The predicted octanol–water partition coefficient (Wildman–Crippen LogP) is 3.13. The van der Waals surface area contributed by atoms with Gasteiger partial charge in [-0.3, -0.25) is 9.89 Å². The van der Waals surface area contributed by atoms with Crippen LogP contribution >= 0.6 is 0 Å². The van der Waals surface area contributed by atoms with Crippen LogP contribution in [0, 0.1) is 5.41 Å². The van der Waals surface area contributed by atoms with Gasteiger partial charge in [-0.25, -0.2) is 0 Å². The Balaban J connectivity index is 1.43. The van der Waals surface area contributed by atoms with E-state index < -0.39 is 0 Å². The minimum atomic E-state index is 0.259. The molecule has 31 heavy (non-hydrogen) atoms. The molecule has 1 aliphatic carbocycles. The van der Waals surface area contributed by atoms with Crippen LogP contribution in [0.3, 0.4) is 0 Å². The summed E-state index contributed by atoms with van der Waals surface area (Å²) in [6.07, 6.45) is 6.58. The van der Waals surface area contributed by atoms with Crippen molar-refractivity contribution in [3.63, 3.8) is 0 Å². The fraction of sp³-hybridized carbons (Fsp3) is 0.720. The summed E-state index contributed by atoms with van der Waals surface area (Å²) in [5, 5.41) is 3.57. The first-order valence-corrected chi connectivity index (χ1v) is 12.1. The van der Waals surface area contributed by atoms with Gasteiger partial charge in [-0.2, -0.15) is 0 Å². The number of fused-ring (bicyclic) bond motifs is 1. The second kappa shape index (κ2) is 10.8. The first-order valence-electron chi connectivity index (χ1n) is 12.1. The number of morpholine rings is 1.